The SMILES string of the molecule is O=C(NCC1CCSCC1)c1cccnc1F. The topological polar surface area (TPSA) is 42.0 Å². The van der Waals surface area contributed by atoms with Crippen LogP contribution in [0.15, 0.2) is 18.3 Å². The second kappa shape index (κ2) is 6.00. The summed E-state index contributed by atoms with van der Waals surface area (Å²) in [6.45, 7) is 0.633. The van der Waals surface area contributed by atoms with Crippen molar-refractivity contribution in [1.82, 2.24) is 10.3 Å². The van der Waals surface area contributed by atoms with Crippen LogP contribution >= 0.6 is 11.8 Å². The molecule has 0 spiro atoms. The fraction of sp³-hybridized carbons (Fsp3) is 0.500. The maximum Gasteiger partial charge on any atom is 0.255 e. The molecule has 92 valence electrons. The first-order chi connectivity index (χ1) is 8.27. The van der Waals surface area contributed by atoms with Gasteiger partial charge in [0.15, 0.2) is 0 Å². The zero-order chi connectivity index (χ0) is 12.1. The summed E-state index contributed by atoms with van der Waals surface area (Å²) in [7, 11) is 0. The predicted molar refractivity (Wildman–Crippen MR) is 66.6 cm³/mol. The summed E-state index contributed by atoms with van der Waals surface area (Å²) in [6, 6.07) is 3.02. The minimum absolute atomic E-state index is 0.0256. The Balaban J connectivity index is 1.87. The molecule has 0 bridgehead atoms. The Morgan fingerprint density at radius 1 is 1.53 bits per heavy atom. The first-order valence-corrected chi connectivity index (χ1v) is 6.89. The largest absolute Gasteiger partial charge is 0.352 e. The van der Waals surface area contributed by atoms with Crippen LogP contribution in [-0.2, 0) is 0 Å². The monoisotopic (exact) mass is 254 g/mol. The number of hydrogen-bond donors (Lipinski definition) is 1. The van der Waals surface area contributed by atoms with Crippen molar-refractivity contribution in [1.29, 1.82) is 0 Å². The molecular formula is C12H15FN2OS. The van der Waals surface area contributed by atoms with Crippen LogP contribution < -0.4 is 5.32 Å². The number of thioether (sulfide) groups is 1. The number of carbonyl (C=O) groups excluding carboxylic acids is 1. The van der Waals surface area contributed by atoms with E-state index < -0.39 is 5.95 Å². The molecule has 1 fully saturated rings. The highest BCUT2D eigenvalue weighted by atomic mass is 32.2. The number of halogens is 1. The summed E-state index contributed by atoms with van der Waals surface area (Å²) in [5, 5.41) is 2.78. The van der Waals surface area contributed by atoms with Crippen molar-refractivity contribution < 1.29 is 9.18 Å². The van der Waals surface area contributed by atoms with E-state index in [1.54, 1.807) is 6.07 Å². The highest BCUT2D eigenvalue weighted by Crippen LogP contribution is 2.21. The fourth-order valence-electron chi connectivity index (χ4n) is 1.84. The van der Waals surface area contributed by atoms with E-state index in [4.69, 9.17) is 0 Å². The van der Waals surface area contributed by atoms with Gasteiger partial charge in [-0.25, -0.2) is 4.98 Å². The number of pyridine rings is 1. The van der Waals surface area contributed by atoms with Gasteiger partial charge in [0.05, 0.1) is 5.56 Å². The van der Waals surface area contributed by atoms with Gasteiger partial charge in [0.25, 0.3) is 5.91 Å². The van der Waals surface area contributed by atoms with Crippen molar-refractivity contribution in [3.05, 3.63) is 29.8 Å². The Morgan fingerprint density at radius 3 is 3.00 bits per heavy atom. The standard InChI is InChI=1S/C12H15FN2OS/c13-11-10(2-1-5-14-11)12(16)15-8-9-3-6-17-7-4-9/h1-2,5,9H,3-4,6-8H2,(H,15,16). The van der Waals surface area contributed by atoms with E-state index in [-0.39, 0.29) is 11.5 Å². The zero-order valence-electron chi connectivity index (χ0n) is 9.49. The molecule has 2 heterocycles. The molecule has 3 nitrogen and oxygen atoms in total. The van der Waals surface area contributed by atoms with E-state index in [2.05, 4.69) is 10.3 Å². The van der Waals surface area contributed by atoms with Crippen molar-refractivity contribution in [3.8, 4) is 0 Å². The summed E-state index contributed by atoms with van der Waals surface area (Å²) in [5.74, 6) is 1.77. The molecular weight excluding hydrogens is 239 g/mol. The predicted octanol–water partition coefficient (Wildman–Crippen LogP) is 2.09. The number of aromatic nitrogens is 1. The molecule has 0 aliphatic carbocycles. The van der Waals surface area contributed by atoms with Crippen LogP contribution in [-0.4, -0.2) is 28.9 Å². The maximum absolute atomic E-state index is 13.2. The lowest BCUT2D eigenvalue weighted by molar-refractivity contribution is 0.0941. The molecule has 0 radical (unpaired) electrons. The number of rotatable bonds is 3. The Morgan fingerprint density at radius 2 is 2.29 bits per heavy atom. The molecule has 1 aromatic rings. The number of nitrogens with zero attached hydrogens (tertiary/aromatic N) is 1. The van der Waals surface area contributed by atoms with Gasteiger partial charge in [-0.2, -0.15) is 16.2 Å². The molecule has 2 rings (SSSR count). The van der Waals surface area contributed by atoms with Gasteiger partial charge >= 0.3 is 0 Å². The molecule has 0 aromatic carbocycles. The van der Waals surface area contributed by atoms with Gasteiger partial charge in [-0.3, -0.25) is 4.79 Å². The fourth-order valence-corrected chi connectivity index (χ4v) is 3.04. The molecule has 17 heavy (non-hydrogen) atoms. The van der Waals surface area contributed by atoms with Crippen LogP contribution in [0.1, 0.15) is 23.2 Å². The Hall–Kier alpha value is -1.10. The van der Waals surface area contributed by atoms with E-state index in [1.807, 2.05) is 11.8 Å². The third kappa shape index (κ3) is 3.43. The molecule has 1 aliphatic heterocycles. The lowest BCUT2D eigenvalue weighted by atomic mass is 10.0. The van der Waals surface area contributed by atoms with E-state index in [9.17, 15) is 9.18 Å². The van der Waals surface area contributed by atoms with Crippen LogP contribution in [0.25, 0.3) is 0 Å². The number of hydrogen-bond acceptors (Lipinski definition) is 3. The molecule has 0 atom stereocenters. The lowest BCUT2D eigenvalue weighted by Crippen LogP contribution is -2.31. The molecule has 1 amide bonds. The first-order valence-electron chi connectivity index (χ1n) is 5.74. The summed E-state index contributed by atoms with van der Waals surface area (Å²) in [6.07, 6.45) is 3.59. The van der Waals surface area contributed by atoms with Crippen molar-refractivity contribution in [2.45, 2.75) is 12.8 Å². The second-order valence-electron chi connectivity index (χ2n) is 4.11. The quantitative estimate of drug-likeness (QED) is 0.840. The molecule has 1 N–H and O–H groups in total. The zero-order valence-corrected chi connectivity index (χ0v) is 10.3. The smallest absolute Gasteiger partial charge is 0.255 e. The van der Waals surface area contributed by atoms with E-state index in [1.165, 1.54) is 12.3 Å². The van der Waals surface area contributed by atoms with Crippen LogP contribution in [0.3, 0.4) is 0 Å². The van der Waals surface area contributed by atoms with Crippen molar-refractivity contribution >= 4 is 17.7 Å². The van der Waals surface area contributed by atoms with Crippen molar-refractivity contribution in [2.75, 3.05) is 18.1 Å². The van der Waals surface area contributed by atoms with Crippen LogP contribution in [0, 0.1) is 11.9 Å². The first kappa shape index (κ1) is 12.4. The normalized spacial score (nSPS) is 16.8. The third-order valence-corrected chi connectivity index (χ3v) is 3.94. The minimum atomic E-state index is -0.704. The highest BCUT2D eigenvalue weighted by molar-refractivity contribution is 7.99. The van der Waals surface area contributed by atoms with Gasteiger partial charge < -0.3 is 5.32 Å². The summed E-state index contributed by atoms with van der Waals surface area (Å²) >= 11 is 1.95. The molecule has 5 heteroatoms. The van der Waals surface area contributed by atoms with Crippen molar-refractivity contribution in [3.63, 3.8) is 0 Å². The Kier molecular flexibility index (Phi) is 4.36. The molecule has 1 saturated heterocycles. The Bertz CT molecular complexity index is 394. The highest BCUT2D eigenvalue weighted by Gasteiger charge is 2.16. The number of carbonyl (C=O) groups is 1. The molecule has 1 aliphatic rings. The van der Waals surface area contributed by atoms with Gasteiger partial charge in [-0.1, -0.05) is 0 Å². The minimum Gasteiger partial charge on any atom is -0.352 e. The third-order valence-electron chi connectivity index (χ3n) is 2.90. The van der Waals surface area contributed by atoms with Gasteiger partial charge in [0.2, 0.25) is 5.95 Å². The summed E-state index contributed by atoms with van der Waals surface area (Å²) in [4.78, 5) is 15.2. The Labute approximate surface area is 104 Å². The average molecular weight is 254 g/mol. The van der Waals surface area contributed by atoms with Gasteiger partial charge in [0, 0.05) is 12.7 Å². The number of amides is 1. The van der Waals surface area contributed by atoms with Crippen LogP contribution in [0.4, 0.5) is 4.39 Å². The summed E-state index contributed by atoms with van der Waals surface area (Å²) < 4.78 is 13.2. The van der Waals surface area contributed by atoms with Gasteiger partial charge in [-0.05, 0) is 42.4 Å². The van der Waals surface area contributed by atoms with E-state index in [0.29, 0.717) is 12.5 Å². The summed E-state index contributed by atoms with van der Waals surface area (Å²) in [5.41, 5.74) is 0.0256. The second-order valence-corrected chi connectivity index (χ2v) is 5.33. The number of nitrogens with one attached hydrogen (secondary N) is 1. The van der Waals surface area contributed by atoms with Gasteiger partial charge in [-0.15, -0.1) is 0 Å². The molecule has 0 unspecified atom stereocenters. The molecule has 1 aromatic heterocycles. The maximum atomic E-state index is 13.2. The van der Waals surface area contributed by atoms with E-state index >= 15 is 0 Å². The van der Waals surface area contributed by atoms with Crippen LogP contribution in [0.5, 0.6) is 0 Å². The van der Waals surface area contributed by atoms with Crippen molar-refractivity contribution in [2.24, 2.45) is 5.92 Å². The molecule has 0 saturated carbocycles. The van der Waals surface area contributed by atoms with Gasteiger partial charge in [0.1, 0.15) is 0 Å². The van der Waals surface area contributed by atoms with E-state index in [0.717, 1.165) is 24.3 Å². The average Bonchev–Trinajstić information content (AvgIpc) is 2.38. The van der Waals surface area contributed by atoms with Crippen LogP contribution in [0.2, 0.25) is 0 Å². The lowest BCUT2D eigenvalue weighted by Gasteiger charge is -2.21.